The summed E-state index contributed by atoms with van der Waals surface area (Å²) in [6.07, 6.45) is 0. The summed E-state index contributed by atoms with van der Waals surface area (Å²) in [5, 5.41) is 2.60. The molecule has 0 aliphatic carbocycles. The van der Waals surface area contributed by atoms with Crippen molar-refractivity contribution < 1.29 is 13.9 Å². The van der Waals surface area contributed by atoms with Gasteiger partial charge in [-0.05, 0) is 6.92 Å². The lowest BCUT2D eigenvalue weighted by molar-refractivity contribution is 0.277. The van der Waals surface area contributed by atoms with E-state index in [4.69, 9.17) is 83.5 Å². The van der Waals surface area contributed by atoms with Gasteiger partial charge in [0.1, 0.15) is 5.76 Å². The van der Waals surface area contributed by atoms with E-state index in [9.17, 15) is 0 Å². The molecule has 1 N–H and O–H groups in total. The smallest absolute Gasteiger partial charge is 0.328 e. The van der Waals surface area contributed by atoms with Gasteiger partial charge in [0.2, 0.25) is 13.3 Å². The molecule has 6 nitrogen and oxygen atoms in total. The maximum Gasteiger partial charge on any atom is 0.328 e. The van der Waals surface area contributed by atoms with Crippen LogP contribution in [0.4, 0.5) is 0 Å². The first-order chi connectivity index (χ1) is 11.5. The van der Waals surface area contributed by atoms with Crippen molar-refractivity contribution in [1.82, 2.24) is 5.32 Å². The zero-order valence-corrected chi connectivity index (χ0v) is 17.5. The van der Waals surface area contributed by atoms with Crippen molar-refractivity contribution in [3.63, 3.8) is 0 Å². The number of nitrogens with zero attached hydrogens (tertiary/aromatic N) is 2. The Kier molecular flexibility index (Phi) is 6.35. The number of rotatable bonds is 3. The van der Waals surface area contributed by atoms with Gasteiger partial charge in [-0.15, -0.1) is 0 Å². The number of allylic oxidation sites excluding steroid dienone is 1. The summed E-state index contributed by atoms with van der Waals surface area (Å²) >= 11 is 35.3. The third-order valence-corrected chi connectivity index (χ3v) is 4.06. The van der Waals surface area contributed by atoms with Crippen LogP contribution in [0.15, 0.2) is 26.3 Å². The predicted molar refractivity (Wildman–Crippen MR) is 103 cm³/mol. The molecule has 0 spiro atoms. The molecule has 1 aromatic heterocycles. The van der Waals surface area contributed by atoms with Crippen LogP contribution in [0.25, 0.3) is 5.57 Å². The molecule has 0 fully saturated rings. The molecule has 2 rings (SSSR count). The minimum Gasteiger partial charge on any atom is -0.490 e. The van der Waals surface area contributed by atoms with E-state index in [0.717, 1.165) is 0 Å². The SMILES string of the molecule is COc1cc(C(C)=C2N=C(C(Cl)(Cl)Cl)NC(C(Cl)(Cl)Cl)=N2)oc1OC. The Labute approximate surface area is 173 Å². The molecule has 0 saturated heterocycles. The summed E-state index contributed by atoms with van der Waals surface area (Å²) < 4.78 is 12.0. The molecule has 0 radical (unpaired) electrons. The van der Waals surface area contributed by atoms with Crippen LogP contribution in [-0.4, -0.2) is 33.5 Å². The fourth-order valence-corrected chi connectivity index (χ4v) is 2.32. The van der Waals surface area contributed by atoms with E-state index >= 15 is 0 Å². The monoisotopic (exact) mass is 467 g/mol. The largest absolute Gasteiger partial charge is 0.490 e. The fraction of sp³-hybridized carbons (Fsp3) is 0.385. The topological polar surface area (TPSA) is 68.3 Å². The third-order valence-electron chi connectivity index (χ3n) is 2.99. The average molecular weight is 470 g/mol. The number of amidine groups is 2. The number of nitrogens with one attached hydrogen (secondary N) is 1. The molecular weight excluding hydrogens is 459 g/mol. The van der Waals surface area contributed by atoms with Gasteiger partial charge < -0.3 is 19.2 Å². The molecule has 0 aromatic carbocycles. The van der Waals surface area contributed by atoms with Crippen molar-refractivity contribution in [2.45, 2.75) is 14.5 Å². The van der Waals surface area contributed by atoms with Gasteiger partial charge in [0, 0.05) is 11.6 Å². The molecule has 0 amide bonds. The van der Waals surface area contributed by atoms with Crippen LogP contribution in [0, 0.1) is 0 Å². The van der Waals surface area contributed by atoms with Crippen LogP contribution in [0.1, 0.15) is 12.7 Å². The molecule has 0 atom stereocenters. The van der Waals surface area contributed by atoms with Gasteiger partial charge in [-0.1, -0.05) is 69.6 Å². The fourth-order valence-electron chi connectivity index (χ4n) is 1.78. The van der Waals surface area contributed by atoms with E-state index in [0.29, 0.717) is 17.1 Å². The quantitative estimate of drug-likeness (QED) is 0.623. The minimum atomic E-state index is -1.89. The van der Waals surface area contributed by atoms with Gasteiger partial charge in [-0.3, -0.25) is 0 Å². The van der Waals surface area contributed by atoms with Crippen LogP contribution < -0.4 is 14.8 Å². The normalized spacial score (nSPS) is 15.3. The number of alkyl halides is 6. The number of ether oxygens (including phenoxy) is 2. The molecule has 138 valence electrons. The average Bonchev–Trinajstić information content (AvgIpc) is 2.95. The number of hydrogen-bond acceptors (Lipinski definition) is 6. The molecule has 0 unspecified atom stereocenters. The van der Waals surface area contributed by atoms with Gasteiger partial charge in [0.05, 0.1) is 14.2 Å². The van der Waals surface area contributed by atoms with Crippen molar-refractivity contribution in [3.8, 4) is 11.7 Å². The highest BCUT2D eigenvalue weighted by Gasteiger charge is 2.38. The lowest BCUT2D eigenvalue weighted by Crippen LogP contribution is -2.46. The maximum absolute atomic E-state index is 5.88. The summed E-state index contributed by atoms with van der Waals surface area (Å²) in [6, 6.07) is 1.60. The highest BCUT2D eigenvalue weighted by atomic mass is 35.6. The molecule has 1 aromatic rings. The molecule has 1 aliphatic rings. The summed E-state index contributed by atoms with van der Waals surface area (Å²) in [6.45, 7) is 1.68. The molecule has 2 heterocycles. The van der Waals surface area contributed by atoms with Crippen LogP contribution in [0.3, 0.4) is 0 Å². The van der Waals surface area contributed by atoms with Crippen LogP contribution >= 0.6 is 69.6 Å². The van der Waals surface area contributed by atoms with Gasteiger partial charge in [0.25, 0.3) is 0 Å². The Hall–Kier alpha value is -0.500. The first-order valence-corrected chi connectivity index (χ1v) is 8.76. The van der Waals surface area contributed by atoms with Crippen LogP contribution in [-0.2, 0) is 0 Å². The second-order valence-corrected chi connectivity index (χ2v) is 9.22. The van der Waals surface area contributed by atoms with E-state index in [1.807, 2.05) is 0 Å². The van der Waals surface area contributed by atoms with E-state index in [2.05, 4.69) is 15.3 Å². The van der Waals surface area contributed by atoms with Crippen molar-refractivity contribution in [1.29, 1.82) is 0 Å². The lowest BCUT2D eigenvalue weighted by Gasteiger charge is -2.25. The van der Waals surface area contributed by atoms with Crippen molar-refractivity contribution in [2.75, 3.05) is 14.2 Å². The number of hydrogen-bond donors (Lipinski definition) is 1. The van der Waals surface area contributed by atoms with Crippen LogP contribution in [0.5, 0.6) is 11.7 Å². The first kappa shape index (κ1) is 20.8. The highest BCUT2D eigenvalue weighted by molar-refractivity contribution is 6.79. The summed E-state index contributed by atoms with van der Waals surface area (Å²) in [7, 11) is 2.92. The van der Waals surface area contributed by atoms with E-state index < -0.39 is 7.59 Å². The summed E-state index contributed by atoms with van der Waals surface area (Å²) in [5.41, 5.74) is 0.474. The second-order valence-electron chi connectivity index (χ2n) is 4.66. The van der Waals surface area contributed by atoms with Crippen molar-refractivity contribution in [2.24, 2.45) is 9.98 Å². The van der Waals surface area contributed by atoms with Crippen molar-refractivity contribution in [3.05, 3.63) is 17.6 Å². The van der Waals surface area contributed by atoms with Gasteiger partial charge in [-0.25, -0.2) is 9.98 Å². The number of aliphatic imine (C=N–C) groups is 2. The zero-order chi connectivity index (χ0) is 19.0. The highest BCUT2D eigenvalue weighted by Crippen LogP contribution is 2.38. The molecule has 12 heteroatoms. The molecule has 0 saturated carbocycles. The lowest BCUT2D eigenvalue weighted by atomic mass is 10.2. The predicted octanol–water partition coefficient (Wildman–Crippen LogP) is 5.13. The van der Waals surface area contributed by atoms with E-state index in [1.54, 1.807) is 13.0 Å². The van der Waals surface area contributed by atoms with Gasteiger partial charge in [0.15, 0.2) is 17.5 Å². The summed E-state index contributed by atoms with van der Waals surface area (Å²) in [5.74, 6) is 0.915. The molecule has 1 aliphatic heterocycles. The Balaban J connectivity index is 2.60. The van der Waals surface area contributed by atoms with Crippen LogP contribution in [0.2, 0.25) is 0 Å². The number of furan rings is 1. The third kappa shape index (κ3) is 4.81. The van der Waals surface area contributed by atoms with E-state index in [-0.39, 0.29) is 23.4 Å². The molecular formula is C13H11Cl6N3O3. The standard InChI is InChI=1S/C13H11Cl6N3O3/c1-5(6-4-7(23-2)9(24-3)25-6)8-20-10(12(14,15)16)22-11(21-8)13(17,18)19/h4H,1-3H3,(H,20,21,22). The Morgan fingerprint density at radius 1 is 1.00 bits per heavy atom. The zero-order valence-electron chi connectivity index (χ0n) is 13.0. The van der Waals surface area contributed by atoms with Crippen molar-refractivity contribution >= 4 is 86.8 Å². The van der Waals surface area contributed by atoms with Gasteiger partial charge in [-0.2, -0.15) is 0 Å². The van der Waals surface area contributed by atoms with Gasteiger partial charge >= 0.3 is 5.95 Å². The number of methoxy groups -OCH3 is 2. The minimum absolute atomic E-state index is 0.0753. The number of halogens is 6. The summed E-state index contributed by atoms with van der Waals surface area (Å²) in [4.78, 5) is 8.34. The molecule has 0 bridgehead atoms. The second kappa shape index (κ2) is 7.62. The Morgan fingerprint density at radius 2 is 1.52 bits per heavy atom. The molecule has 25 heavy (non-hydrogen) atoms. The Morgan fingerprint density at radius 3 is 1.88 bits per heavy atom. The first-order valence-electron chi connectivity index (χ1n) is 6.49. The van der Waals surface area contributed by atoms with E-state index in [1.165, 1.54) is 14.2 Å². The maximum atomic E-state index is 5.88. The Bertz CT molecular complexity index is 705.